The van der Waals surface area contributed by atoms with E-state index < -0.39 is 30.0 Å². The van der Waals surface area contributed by atoms with Crippen molar-refractivity contribution in [2.75, 3.05) is 7.05 Å². The van der Waals surface area contributed by atoms with E-state index >= 15 is 0 Å². The Labute approximate surface area is 201 Å². The van der Waals surface area contributed by atoms with Crippen LogP contribution in [0.5, 0.6) is 5.75 Å². The molecule has 2 amide bonds. The Balaban J connectivity index is 1.62. The van der Waals surface area contributed by atoms with Crippen LogP contribution in [0.3, 0.4) is 0 Å². The normalized spacial score (nSPS) is 14.3. The van der Waals surface area contributed by atoms with Crippen LogP contribution >= 0.6 is 11.6 Å². The number of ether oxygens (including phenoxy) is 1. The summed E-state index contributed by atoms with van der Waals surface area (Å²) >= 11 is 5.88. The van der Waals surface area contributed by atoms with Gasteiger partial charge in [0, 0.05) is 29.6 Å². The SMILES string of the molecule is CNC(=O)c1cc(-n2nc(C3CC3)nc2[C@H](C)NC(=O)c2cc(Cl)cc(OC(F)(F)F)c2)ncn1. The van der Waals surface area contributed by atoms with E-state index in [1.54, 1.807) is 6.92 Å². The van der Waals surface area contributed by atoms with Gasteiger partial charge in [0.1, 0.15) is 17.8 Å². The Bertz CT molecular complexity index is 1280. The molecule has 4 rings (SSSR count). The summed E-state index contributed by atoms with van der Waals surface area (Å²) in [5, 5.41) is 9.56. The molecule has 0 radical (unpaired) electrons. The van der Waals surface area contributed by atoms with Gasteiger partial charge in [0.25, 0.3) is 11.8 Å². The highest BCUT2D eigenvalue weighted by molar-refractivity contribution is 6.31. The molecule has 1 fully saturated rings. The van der Waals surface area contributed by atoms with E-state index in [-0.39, 0.29) is 28.0 Å². The first kappa shape index (κ1) is 24.4. The van der Waals surface area contributed by atoms with Gasteiger partial charge in [-0.1, -0.05) is 11.6 Å². The number of nitrogens with zero attached hydrogens (tertiary/aromatic N) is 5. The highest BCUT2D eigenvalue weighted by atomic mass is 35.5. The summed E-state index contributed by atoms with van der Waals surface area (Å²) in [7, 11) is 1.47. The quantitative estimate of drug-likeness (QED) is 0.500. The lowest BCUT2D eigenvalue weighted by Gasteiger charge is -2.15. The molecule has 1 aromatic carbocycles. The first-order valence-corrected chi connectivity index (χ1v) is 10.8. The molecule has 0 spiro atoms. The molecule has 1 aliphatic rings. The van der Waals surface area contributed by atoms with Crippen LogP contribution < -0.4 is 15.4 Å². The third-order valence-electron chi connectivity index (χ3n) is 5.02. The molecule has 184 valence electrons. The largest absolute Gasteiger partial charge is 0.573 e. The molecule has 2 heterocycles. The zero-order valence-electron chi connectivity index (χ0n) is 18.4. The Kier molecular flexibility index (Phi) is 6.61. The van der Waals surface area contributed by atoms with Crippen molar-refractivity contribution < 1.29 is 27.5 Å². The maximum atomic E-state index is 12.8. The molecule has 1 saturated carbocycles. The zero-order chi connectivity index (χ0) is 25.3. The van der Waals surface area contributed by atoms with Crippen molar-refractivity contribution >= 4 is 23.4 Å². The van der Waals surface area contributed by atoms with E-state index in [2.05, 4.69) is 35.4 Å². The fourth-order valence-corrected chi connectivity index (χ4v) is 3.48. The van der Waals surface area contributed by atoms with Gasteiger partial charge in [-0.15, -0.1) is 18.3 Å². The third-order valence-corrected chi connectivity index (χ3v) is 5.24. The molecular formula is C21H19ClF3N7O3. The van der Waals surface area contributed by atoms with E-state index in [1.807, 2.05) is 0 Å². The van der Waals surface area contributed by atoms with Gasteiger partial charge in [0.2, 0.25) is 0 Å². The minimum absolute atomic E-state index is 0.105. The van der Waals surface area contributed by atoms with Crippen molar-refractivity contribution in [1.29, 1.82) is 0 Å². The number of amides is 2. The molecule has 1 aliphatic carbocycles. The van der Waals surface area contributed by atoms with Crippen LogP contribution in [0, 0.1) is 0 Å². The third kappa shape index (κ3) is 5.85. The average molecular weight is 510 g/mol. The van der Waals surface area contributed by atoms with Crippen molar-refractivity contribution in [2.24, 2.45) is 0 Å². The lowest BCUT2D eigenvalue weighted by molar-refractivity contribution is -0.274. The van der Waals surface area contributed by atoms with Crippen LogP contribution in [0.25, 0.3) is 5.82 Å². The first-order chi connectivity index (χ1) is 16.5. The van der Waals surface area contributed by atoms with Gasteiger partial charge in [-0.2, -0.15) is 4.68 Å². The van der Waals surface area contributed by atoms with Crippen molar-refractivity contribution in [2.45, 2.75) is 38.1 Å². The van der Waals surface area contributed by atoms with Crippen LogP contribution in [-0.2, 0) is 0 Å². The summed E-state index contributed by atoms with van der Waals surface area (Å²) in [6.07, 6.45) is -1.89. The molecule has 1 atom stereocenters. The number of hydrogen-bond donors (Lipinski definition) is 2. The highest BCUT2D eigenvalue weighted by Crippen LogP contribution is 2.38. The van der Waals surface area contributed by atoms with E-state index in [1.165, 1.54) is 30.2 Å². The van der Waals surface area contributed by atoms with E-state index in [4.69, 9.17) is 11.6 Å². The number of halogens is 4. The Hall–Kier alpha value is -3.74. The number of hydrogen-bond acceptors (Lipinski definition) is 7. The molecule has 0 unspecified atom stereocenters. The summed E-state index contributed by atoms with van der Waals surface area (Å²) in [6.45, 7) is 1.63. The fraction of sp³-hybridized carbons (Fsp3) is 0.333. The summed E-state index contributed by atoms with van der Waals surface area (Å²) in [5.74, 6) is -0.434. The predicted molar refractivity (Wildman–Crippen MR) is 116 cm³/mol. The second-order valence-electron chi connectivity index (χ2n) is 7.77. The van der Waals surface area contributed by atoms with Gasteiger partial charge in [-0.25, -0.2) is 15.0 Å². The molecular weight excluding hydrogens is 491 g/mol. The van der Waals surface area contributed by atoms with E-state index in [0.717, 1.165) is 25.0 Å². The summed E-state index contributed by atoms with van der Waals surface area (Å²) < 4.78 is 43.1. The summed E-state index contributed by atoms with van der Waals surface area (Å²) in [6, 6.07) is 3.79. The number of carbonyl (C=O) groups is 2. The van der Waals surface area contributed by atoms with Gasteiger partial charge in [-0.3, -0.25) is 9.59 Å². The van der Waals surface area contributed by atoms with Gasteiger partial charge in [0.15, 0.2) is 17.5 Å². The zero-order valence-corrected chi connectivity index (χ0v) is 19.2. The molecule has 14 heteroatoms. The molecule has 0 aliphatic heterocycles. The Morgan fingerprint density at radius 1 is 1.17 bits per heavy atom. The minimum atomic E-state index is -4.94. The fourth-order valence-electron chi connectivity index (χ4n) is 3.25. The van der Waals surface area contributed by atoms with Gasteiger partial charge in [-0.05, 0) is 38.0 Å². The topological polar surface area (TPSA) is 124 Å². The number of benzene rings is 1. The smallest absolute Gasteiger partial charge is 0.406 e. The van der Waals surface area contributed by atoms with Crippen molar-refractivity contribution in [3.8, 4) is 11.6 Å². The van der Waals surface area contributed by atoms with Gasteiger partial charge >= 0.3 is 6.36 Å². The standard InChI is InChI=1S/C21H19ClF3N7O3/c1-10(29-19(33)12-5-13(22)7-14(6-12)35-21(23,24)25)18-30-17(11-3-4-11)31-32(18)16-8-15(20(34)26-2)27-9-28-16/h5-11H,3-4H2,1-2H3,(H,26,34)(H,29,33)/t10-/m0/s1. The number of carbonyl (C=O) groups excluding carboxylic acids is 2. The van der Waals surface area contributed by atoms with Crippen molar-refractivity contribution in [3.63, 3.8) is 0 Å². The lowest BCUT2D eigenvalue weighted by Crippen LogP contribution is -2.29. The lowest BCUT2D eigenvalue weighted by atomic mass is 10.2. The Morgan fingerprint density at radius 3 is 2.57 bits per heavy atom. The second kappa shape index (κ2) is 9.49. The van der Waals surface area contributed by atoms with E-state index in [9.17, 15) is 22.8 Å². The van der Waals surface area contributed by atoms with Crippen LogP contribution in [0.15, 0.2) is 30.6 Å². The van der Waals surface area contributed by atoms with Crippen molar-refractivity contribution in [3.05, 3.63) is 58.5 Å². The van der Waals surface area contributed by atoms with Crippen LogP contribution in [-0.4, -0.2) is 50.0 Å². The van der Waals surface area contributed by atoms with E-state index in [0.29, 0.717) is 11.6 Å². The molecule has 0 bridgehead atoms. The number of rotatable bonds is 7. The summed E-state index contributed by atoms with van der Waals surface area (Å²) in [5.41, 5.74) is -0.0271. The van der Waals surface area contributed by atoms with Crippen LogP contribution in [0.4, 0.5) is 13.2 Å². The van der Waals surface area contributed by atoms with Crippen LogP contribution in [0.2, 0.25) is 5.02 Å². The molecule has 35 heavy (non-hydrogen) atoms. The minimum Gasteiger partial charge on any atom is -0.406 e. The highest BCUT2D eigenvalue weighted by Gasteiger charge is 2.33. The number of nitrogens with one attached hydrogen (secondary N) is 2. The predicted octanol–water partition coefficient (Wildman–Crippen LogP) is 3.34. The monoisotopic (exact) mass is 509 g/mol. The average Bonchev–Trinajstić information content (AvgIpc) is 3.55. The maximum absolute atomic E-state index is 12.8. The Morgan fingerprint density at radius 2 is 1.91 bits per heavy atom. The molecule has 0 saturated heterocycles. The van der Waals surface area contributed by atoms with Gasteiger partial charge < -0.3 is 15.4 Å². The molecule has 2 aromatic heterocycles. The molecule has 2 N–H and O–H groups in total. The maximum Gasteiger partial charge on any atom is 0.573 e. The molecule has 10 nitrogen and oxygen atoms in total. The second-order valence-corrected chi connectivity index (χ2v) is 8.21. The molecule has 3 aromatic rings. The summed E-state index contributed by atoms with van der Waals surface area (Å²) in [4.78, 5) is 37.5. The van der Waals surface area contributed by atoms with Crippen LogP contribution in [0.1, 0.15) is 64.2 Å². The first-order valence-electron chi connectivity index (χ1n) is 10.4. The number of aromatic nitrogens is 5. The van der Waals surface area contributed by atoms with Crippen molar-refractivity contribution in [1.82, 2.24) is 35.4 Å². The number of alkyl halides is 3. The van der Waals surface area contributed by atoms with Gasteiger partial charge in [0.05, 0.1) is 6.04 Å².